The molecular weight excluding hydrogens is 390 g/mol. The number of allylic oxidation sites excluding steroid dienone is 1. The third-order valence-corrected chi connectivity index (χ3v) is 4.89. The summed E-state index contributed by atoms with van der Waals surface area (Å²) in [5.74, 6) is -0.480. The van der Waals surface area contributed by atoms with Gasteiger partial charge in [0.25, 0.3) is 0 Å². The molecule has 0 saturated carbocycles. The quantitative estimate of drug-likeness (QED) is 0.211. The van der Waals surface area contributed by atoms with Crippen molar-refractivity contribution >= 4 is 34.9 Å². The van der Waals surface area contributed by atoms with E-state index in [0.29, 0.717) is 11.1 Å². The molecule has 0 amide bonds. The third-order valence-electron chi connectivity index (χ3n) is 4.65. The normalized spacial score (nSPS) is 13.6. The summed E-state index contributed by atoms with van der Waals surface area (Å²) in [4.78, 5) is 17.7. The summed E-state index contributed by atoms with van der Waals surface area (Å²) in [5, 5.41) is 4.99. The van der Waals surface area contributed by atoms with Crippen molar-refractivity contribution < 1.29 is 19.1 Å². The Morgan fingerprint density at radius 1 is 1.21 bits per heavy atom. The van der Waals surface area contributed by atoms with Gasteiger partial charge in [0, 0.05) is 17.0 Å². The van der Waals surface area contributed by atoms with Crippen LogP contribution in [0.15, 0.2) is 59.5 Å². The van der Waals surface area contributed by atoms with E-state index in [2.05, 4.69) is 11.2 Å². The van der Waals surface area contributed by atoms with Gasteiger partial charge in [0.1, 0.15) is 12.2 Å². The summed E-state index contributed by atoms with van der Waals surface area (Å²) in [5.41, 5.74) is 6.02. The number of hydrogen-bond acceptors (Lipinski definition) is 5. The van der Waals surface area contributed by atoms with E-state index in [0.717, 1.165) is 33.9 Å². The Balaban J connectivity index is 1.73. The summed E-state index contributed by atoms with van der Waals surface area (Å²) in [7, 11) is 2.81. The van der Waals surface area contributed by atoms with E-state index in [4.69, 9.17) is 25.9 Å². The van der Waals surface area contributed by atoms with Crippen LogP contribution in [0.1, 0.15) is 29.2 Å². The van der Waals surface area contributed by atoms with Gasteiger partial charge < -0.3 is 14.3 Å². The number of esters is 1. The van der Waals surface area contributed by atoms with Crippen LogP contribution in [0.4, 0.5) is 0 Å². The molecule has 0 atom stereocenters. The van der Waals surface area contributed by atoms with Gasteiger partial charge >= 0.3 is 5.97 Å². The van der Waals surface area contributed by atoms with Crippen molar-refractivity contribution in [3.63, 3.8) is 0 Å². The number of rotatable bonds is 7. The topological polar surface area (TPSA) is 57.1 Å². The lowest BCUT2D eigenvalue weighted by molar-refractivity contribution is -0.133. The van der Waals surface area contributed by atoms with E-state index in [1.807, 2.05) is 49.4 Å². The van der Waals surface area contributed by atoms with Crippen molar-refractivity contribution in [1.29, 1.82) is 0 Å². The van der Waals surface area contributed by atoms with E-state index in [-0.39, 0.29) is 6.61 Å². The summed E-state index contributed by atoms with van der Waals surface area (Å²) in [6.07, 6.45) is 4.23. The lowest BCUT2D eigenvalue weighted by Gasteiger charge is -2.11. The predicted octanol–water partition coefficient (Wildman–Crippen LogP) is 5.03. The van der Waals surface area contributed by atoms with Crippen LogP contribution in [0, 0.1) is 0 Å². The predicted molar refractivity (Wildman–Crippen MR) is 114 cm³/mol. The van der Waals surface area contributed by atoms with Crippen LogP contribution in [-0.2, 0) is 32.1 Å². The molecule has 3 rings (SSSR count). The van der Waals surface area contributed by atoms with Crippen molar-refractivity contribution in [2.75, 3.05) is 14.2 Å². The van der Waals surface area contributed by atoms with Crippen molar-refractivity contribution in [3.8, 4) is 0 Å². The number of benzene rings is 2. The van der Waals surface area contributed by atoms with Crippen LogP contribution >= 0.6 is 11.6 Å². The maximum absolute atomic E-state index is 12.1. The fourth-order valence-corrected chi connectivity index (χ4v) is 3.35. The number of ether oxygens (including phenoxy) is 2. The fraction of sp³-hybridized carbons (Fsp3) is 0.217. The van der Waals surface area contributed by atoms with E-state index in [1.165, 1.54) is 26.0 Å². The summed E-state index contributed by atoms with van der Waals surface area (Å²) in [6.45, 7) is 2.12. The average Bonchev–Trinajstić information content (AvgIpc) is 3.15. The zero-order chi connectivity index (χ0) is 20.8. The first-order chi connectivity index (χ1) is 14.0. The van der Waals surface area contributed by atoms with Gasteiger partial charge in [0.2, 0.25) is 0 Å². The highest BCUT2D eigenvalue weighted by molar-refractivity contribution is 6.30. The highest BCUT2D eigenvalue weighted by Crippen LogP contribution is 2.28. The molecule has 1 aliphatic rings. The highest BCUT2D eigenvalue weighted by Gasteiger charge is 2.18. The maximum atomic E-state index is 12.1. The summed E-state index contributed by atoms with van der Waals surface area (Å²) >= 11 is 6.07. The number of methoxy groups -OCH3 is 2. The molecule has 0 N–H and O–H groups in total. The van der Waals surface area contributed by atoms with Crippen LogP contribution < -0.4 is 0 Å². The van der Waals surface area contributed by atoms with Crippen LogP contribution in [-0.4, -0.2) is 25.9 Å². The lowest BCUT2D eigenvalue weighted by atomic mass is 10.0. The Labute approximate surface area is 175 Å². The van der Waals surface area contributed by atoms with Gasteiger partial charge in [-0.25, -0.2) is 4.79 Å². The number of carbonyl (C=O) groups excluding carboxylic acids is 1. The number of oxime groups is 1. The minimum atomic E-state index is -0.480. The first-order valence-corrected chi connectivity index (χ1v) is 9.46. The van der Waals surface area contributed by atoms with Crippen molar-refractivity contribution in [3.05, 3.63) is 81.6 Å². The molecule has 6 heteroatoms. The molecular formula is C23H22ClNO4. The van der Waals surface area contributed by atoms with Crippen molar-refractivity contribution in [2.24, 2.45) is 5.16 Å². The highest BCUT2D eigenvalue weighted by atomic mass is 35.5. The molecule has 0 bridgehead atoms. The number of carbonyl (C=O) groups is 1. The third kappa shape index (κ3) is 4.87. The summed E-state index contributed by atoms with van der Waals surface area (Å²) in [6, 6.07) is 13.3. The molecule has 2 aromatic rings. The van der Waals surface area contributed by atoms with E-state index in [9.17, 15) is 4.79 Å². The summed E-state index contributed by atoms with van der Waals surface area (Å²) < 4.78 is 9.89. The molecule has 0 fully saturated rings. The largest absolute Gasteiger partial charge is 0.503 e. The Bertz CT molecular complexity index is 1010. The second kappa shape index (κ2) is 9.43. The number of hydrogen-bond donors (Lipinski definition) is 0. The second-order valence-corrected chi connectivity index (χ2v) is 6.99. The average molecular weight is 412 g/mol. The number of nitrogens with zero attached hydrogens (tertiary/aromatic N) is 1. The Hall–Kier alpha value is -3.05. The zero-order valence-corrected chi connectivity index (χ0v) is 17.3. The first kappa shape index (κ1) is 20.7. The molecule has 0 radical (unpaired) electrons. The van der Waals surface area contributed by atoms with Gasteiger partial charge in [0.05, 0.1) is 26.2 Å². The van der Waals surface area contributed by atoms with Crippen molar-refractivity contribution in [1.82, 2.24) is 0 Å². The molecule has 5 nitrogen and oxygen atoms in total. The van der Waals surface area contributed by atoms with Gasteiger partial charge in [0.15, 0.2) is 0 Å². The van der Waals surface area contributed by atoms with Crippen LogP contribution in [0.5, 0.6) is 0 Å². The molecule has 150 valence electrons. The smallest absolute Gasteiger partial charge is 0.341 e. The maximum Gasteiger partial charge on any atom is 0.341 e. The van der Waals surface area contributed by atoms with Gasteiger partial charge in [-0.15, -0.1) is 0 Å². The lowest BCUT2D eigenvalue weighted by Crippen LogP contribution is -2.07. The Kier molecular flexibility index (Phi) is 6.73. The van der Waals surface area contributed by atoms with Crippen LogP contribution in [0.2, 0.25) is 5.02 Å². The molecule has 2 aromatic carbocycles. The minimum absolute atomic E-state index is 0.206. The monoisotopic (exact) mass is 411 g/mol. The van der Waals surface area contributed by atoms with Crippen LogP contribution in [0.25, 0.3) is 11.6 Å². The van der Waals surface area contributed by atoms with E-state index in [1.54, 1.807) is 0 Å². The van der Waals surface area contributed by atoms with E-state index < -0.39 is 5.97 Å². The number of halogens is 1. The fourth-order valence-electron chi connectivity index (χ4n) is 3.16. The Morgan fingerprint density at radius 3 is 2.76 bits per heavy atom. The van der Waals surface area contributed by atoms with E-state index >= 15 is 0 Å². The van der Waals surface area contributed by atoms with Crippen LogP contribution in [0.3, 0.4) is 0 Å². The molecule has 0 unspecified atom stereocenters. The van der Waals surface area contributed by atoms with Crippen molar-refractivity contribution in [2.45, 2.75) is 20.0 Å². The number of fused-ring (bicyclic) bond motifs is 1. The van der Waals surface area contributed by atoms with Gasteiger partial charge in [-0.05, 0) is 47.4 Å². The SMILES string of the molecule is CO/C=C(/C(=O)OC)c1ccccc1CO/N=C(\C)C1=Cc2ccc(Cl)cc2C1. The molecule has 0 aliphatic heterocycles. The Morgan fingerprint density at radius 2 is 2.00 bits per heavy atom. The standard InChI is InChI=1S/C23H22ClNO4/c1-15(18-10-16-8-9-20(24)12-19(16)11-18)25-29-13-17-6-4-5-7-21(17)22(14-27-2)23(26)28-3/h4-10,12,14H,11,13H2,1-3H3/b22-14+,25-15+. The molecule has 1 aliphatic carbocycles. The zero-order valence-electron chi connectivity index (χ0n) is 16.6. The van der Waals surface area contributed by atoms with Gasteiger partial charge in [-0.3, -0.25) is 0 Å². The molecule has 0 heterocycles. The van der Waals surface area contributed by atoms with Gasteiger partial charge in [-0.1, -0.05) is 47.1 Å². The molecule has 29 heavy (non-hydrogen) atoms. The molecule has 0 saturated heterocycles. The molecule has 0 aromatic heterocycles. The second-order valence-electron chi connectivity index (χ2n) is 6.56. The minimum Gasteiger partial charge on any atom is -0.503 e. The molecule has 0 spiro atoms. The first-order valence-electron chi connectivity index (χ1n) is 9.09. The van der Waals surface area contributed by atoms with Gasteiger partial charge in [-0.2, -0.15) is 0 Å².